The third kappa shape index (κ3) is 3.40. The Balaban J connectivity index is 2.00. The number of halogens is 2. The Hall–Kier alpha value is -1.20. The molecule has 1 heterocycles. The van der Waals surface area contributed by atoms with E-state index in [1.807, 2.05) is 6.07 Å². The van der Waals surface area contributed by atoms with Crippen LogP contribution in [0.4, 0.5) is 8.78 Å². The Labute approximate surface area is 105 Å². The van der Waals surface area contributed by atoms with Crippen LogP contribution in [-0.4, -0.2) is 35.8 Å². The van der Waals surface area contributed by atoms with E-state index in [-0.39, 0.29) is 18.4 Å². The molecule has 0 spiro atoms. The maximum Gasteiger partial charge on any atom is 0.387 e. The van der Waals surface area contributed by atoms with Crippen LogP contribution in [-0.2, 0) is 6.54 Å². The molecule has 1 fully saturated rings. The van der Waals surface area contributed by atoms with Gasteiger partial charge in [0.1, 0.15) is 5.75 Å². The molecule has 1 aromatic carbocycles. The van der Waals surface area contributed by atoms with Crippen molar-refractivity contribution in [3.8, 4) is 5.75 Å². The van der Waals surface area contributed by atoms with Crippen molar-refractivity contribution < 1.29 is 18.6 Å². The van der Waals surface area contributed by atoms with Gasteiger partial charge in [0.05, 0.1) is 6.61 Å². The molecule has 2 rings (SSSR count). The predicted molar refractivity (Wildman–Crippen MR) is 63.6 cm³/mol. The van der Waals surface area contributed by atoms with Crippen molar-refractivity contribution in [3.05, 3.63) is 29.8 Å². The van der Waals surface area contributed by atoms with Crippen molar-refractivity contribution in [1.29, 1.82) is 0 Å². The number of rotatable bonds is 5. The Morgan fingerprint density at radius 3 is 3.00 bits per heavy atom. The first-order valence-electron chi connectivity index (χ1n) is 6.07. The van der Waals surface area contributed by atoms with Gasteiger partial charge in [-0.05, 0) is 37.1 Å². The fraction of sp³-hybridized carbons (Fsp3) is 0.538. The average molecular weight is 257 g/mol. The molecule has 0 aliphatic carbocycles. The fourth-order valence-corrected chi connectivity index (χ4v) is 2.36. The third-order valence-corrected chi connectivity index (χ3v) is 3.22. The van der Waals surface area contributed by atoms with Gasteiger partial charge in [0.2, 0.25) is 0 Å². The first kappa shape index (κ1) is 13.2. The van der Waals surface area contributed by atoms with E-state index in [2.05, 4.69) is 9.64 Å². The van der Waals surface area contributed by atoms with Crippen molar-refractivity contribution in [3.63, 3.8) is 0 Å². The van der Waals surface area contributed by atoms with Crippen LogP contribution in [0.25, 0.3) is 0 Å². The molecule has 0 aromatic heterocycles. The number of benzene rings is 1. The predicted octanol–water partition coefficient (Wildman–Crippen LogP) is 2.24. The Morgan fingerprint density at radius 2 is 2.28 bits per heavy atom. The molecule has 3 nitrogen and oxygen atoms in total. The Bertz CT molecular complexity index is 387. The fourth-order valence-electron chi connectivity index (χ4n) is 2.36. The molecular weight excluding hydrogens is 240 g/mol. The van der Waals surface area contributed by atoms with E-state index in [9.17, 15) is 13.9 Å². The molecule has 0 amide bonds. The highest BCUT2D eigenvalue weighted by Crippen LogP contribution is 2.22. The summed E-state index contributed by atoms with van der Waals surface area (Å²) in [5.41, 5.74) is 0.925. The largest absolute Gasteiger partial charge is 0.435 e. The smallest absolute Gasteiger partial charge is 0.387 e. The maximum absolute atomic E-state index is 12.1. The van der Waals surface area contributed by atoms with Crippen LogP contribution in [0.3, 0.4) is 0 Å². The van der Waals surface area contributed by atoms with E-state index < -0.39 is 6.61 Å². The number of nitrogens with zero attached hydrogens (tertiary/aromatic N) is 1. The first-order valence-corrected chi connectivity index (χ1v) is 6.07. The minimum Gasteiger partial charge on any atom is -0.435 e. The molecule has 0 radical (unpaired) electrons. The van der Waals surface area contributed by atoms with Crippen LogP contribution in [0.15, 0.2) is 24.3 Å². The molecule has 0 saturated carbocycles. The lowest BCUT2D eigenvalue weighted by atomic mass is 10.2. The number of alkyl halides is 2. The van der Waals surface area contributed by atoms with Crippen LogP contribution >= 0.6 is 0 Å². The van der Waals surface area contributed by atoms with Crippen LogP contribution in [0.1, 0.15) is 18.4 Å². The van der Waals surface area contributed by atoms with Crippen molar-refractivity contribution in [1.82, 2.24) is 4.90 Å². The Morgan fingerprint density at radius 1 is 1.44 bits per heavy atom. The van der Waals surface area contributed by atoms with Crippen molar-refractivity contribution in [2.24, 2.45) is 0 Å². The lowest BCUT2D eigenvalue weighted by Gasteiger charge is -2.22. The second-order valence-corrected chi connectivity index (χ2v) is 4.48. The van der Waals surface area contributed by atoms with Crippen LogP contribution in [0.5, 0.6) is 5.75 Å². The zero-order valence-electron chi connectivity index (χ0n) is 10.1. The van der Waals surface area contributed by atoms with Gasteiger partial charge in [-0.3, -0.25) is 4.90 Å². The standard InChI is InChI=1S/C13H17F2NO2/c14-13(15)18-12-5-1-3-10(7-12)8-16-6-2-4-11(16)9-17/h1,3,5,7,11,13,17H,2,4,6,8-9H2/t11-/m1/s1. The second kappa shape index (κ2) is 6.11. The van der Waals surface area contributed by atoms with Gasteiger partial charge in [0.15, 0.2) is 0 Å². The number of ether oxygens (including phenoxy) is 1. The molecule has 1 aliphatic rings. The van der Waals surface area contributed by atoms with Gasteiger partial charge in [0, 0.05) is 12.6 Å². The van der Waals surface area contributed by atoms with Crippen molar-refractivity contribution in [2.75, 3.05) is 13.2 Å². The molecule has 100 valence electrons. The van der Waals surface area contributed by atoms with Gasteiger partial charge < -0.3 is 9.84 Å². The summed E-state index contributed by atoms with van der Waals surface area (Å²) in [4.78, 5) is 2.17. The van der Waals surface area contributed by atoms with Gasteiger partial charge >= 0.3 is 6.61 Å². The SMILES string of the molecule is OC[C@H]1CCCN1Cc1cccc(OC(F)F)c1. The third-order valence-electron chi connectivity index (χ3n) is 3.22. The zero-order valence-corrected chi connectivity index (χ0v) is 10.1. The summed E-state index contributed by atoms with van der Waals surface area (Å²) in [6.07, 6.45) is 2.06. The average Bonchev–Trinajstić information content (AvgIpc) is 2.76. The van der Waals surface area contributed by atoms with E-state index in [0.717, 1.165) is 24.9 Å². The van der Waals surface area contributed by atoms with Crippen LogP contribution in [0.2, 0.25) is 0 Å². The van der Waals surface area contributed by atoms with Crippen molar-refractivity contribution >= 4 is 0 Å². The minimum atomic E-state index is -2.79. The molecule has 1 saturated heterocycles. The number of hydrogen-bond acceptors (Lipinski definition) is 3. The number of likely N-dealkylation sites (tertiary alicyclic amines) is 1. The van der Waals surface area contributed by atoms with Gasteiger partial charge in [-0.25, -0.2) is 0 Å². The minimum absolute atomic E-state index is 0.146. The maximum atomic E-state index is 12.1. The summed E-state index contributed by atoms with van der Waals surface area (Å²) in [6.45, 7) is -1.05. The first-order chi connectivity index (χ1) is 8.69. The van der Waals surface area contributed by atoms with E-state index in [4.69, 9.17) is 0 Å². The van der Waals surface area contributed by atoms with Crippen molar-refractivity contribution in [2.45, 2.75) is 32.0 Å². The monoisotopic (exact) mass is 257 g/mol. The molecular formula is C13H17F2NO2. The van der Waals surface area contributed by atoms with Gasteiger partial charge in [0.25, 0.3) is 0 Å². The topological polar surface area (TPSA) is 32.7 Å². The van der Waals surface area contributed by atoms with E-state index >= 15 is 0 Å². The number of hydrogen-bond donors (Lipinski definition) is 1. The van der Waals surface area contributed by atoms with E-state index in [1.54, 1.807) is 12.1 Å². The highest BCUT2D eigenvalue weighted by atomic mass is 19.3. The molecule has 1 atom stereocenters. The highest BCUT2D eigenvalue weighted by Gasteiger charge is 2.23. The summed E-state index contributed by atoms with van der Waals surface area (Å²) in [5, 5.41) is 9.22. The summed E-state index contributed by atoms with van der Waals surface area (Å²) >= 11 is 0. The van der Waals surface area contributed by atoms with Gasteiger partial charge in [-0.2, -0.15) is 8.78 Å². The number of aliphatic hydroxyl groups is 1. The van der Waals surface area contributed by atoms with E-state index in [1.165, 1.54) is 6.07 Å². The number of aliphatic hydroxyl groups excluding tert-OH is 1. The summed E-state index contributed by atoms with van der Waals surface area (Å²) < 4.78 is 28.6. The Kier molecular flexibility index (Phi) is 4.49. The normalized spacial score (nSPS) is 20.6. The molecule has 5 heteroatoms. The summed E-state index contributed by atoms with van der Waals surface area (Å²) in [7, 11) is 0. The second-order valence-electron chi connectivity index (χ2n) is 4.48. The molecule has 1 N–H and O–H groups in total. The lowest BCUT2D eigenvalue weighted by Crippen LogP contribution is -2.31. The van der Waals surface area contributed by atoms with Gasteiger partial charge in [-0.15, -0.1) is 0 Å². The molecule has 1 aromatic rings. The zero-order chi connectivity index (χ0) is 13.0. The molecule has 0 bridgehead atoms. The van der Waals surface area contributed by atoms with Crippen LogP contribution < -0.4 is 4.74 Å². The van der Waals surface area contributed by atoms with Gasteiger partial charge in [-0.1, -0.05) is 12.1 Å². The lowest BCUT2D eigenvalue weighted by molar-refractivity contribution is -0.0499. The van der Waals surface area contributed by atoms with E-state index in [0.29, 0.717) is 6.54 Å². The molecule has 1 aliphatic heterocycles. The quantitative estimate of drug-likeness (QED) is 0.878. The summed E-state index contributed by atoms with van der Waals surface area (Å²) in [5.74, 6) is 0.183. The highest BCUT2D eigenvalue weighted by molar-refractivity contribution is 5.28. The molecule has 18 heavy (non-hydrogen) atoms. The summed E-state index contributed by atoms with van der Waals surface area (Å²) in [6, 6.07) is 6.91. The van der Waals surface area contributed by atoms with Crippen LogP contribution in [0, 0.1) is 0 Å². The molecule has 0 unspecified atom stereocenters.